The molecule has 0 aliphatic carbocycles. The number of aromatic amines is 1. The highest BCUT2D eigenvalue weighted by Crippen LogP contribution is 2.23. The number of aryl methyl sites for hydroxylation is 1. The van der Waals surface area contributed by atoms with E-state index in [-0.39, 0.29) is 16.3 Å². The Morgan fingerprint density at radius 3 is 2.72 bits per heavy atom. The van der Waals surface area contributed by atoms with E-state index >= 15 is 0 Å². The van der Waals surface area contributed by atoms with E-state index in [1.165, 1.54) is 12.3 Å². The average Bonchev–Trinajstić information content (AvgIpc) is 2.69. The Morgan fingerprint density at radius 1 is 1.44 bits per heavy atom. The van der Waals surface area contributed by atoms with E-state index in [0.29, 0.717) is 5.69 Å². The zero-order chi connectivity index (χ0) is 13.3. The molecule has 0 unspecified atom stereocenters. The van der Waals surface area contributed by atoms with E-state index in [4.69, 9.17) is 5.73 Å². The van der Waals surface area contributed by atoms with Crippen LogP contribution in [0.3, 0.4) is 0 Å². The second kappa shape index (κ2) is 4.30. The molecule has 96 valence electrons. The molecular weight excluding hydrogens is 259 g/mol. The van der Waals surface area contributed by atoms with Gasteiger partial charge < -0.3 is 5.73 Å². The van der Waals surface area contributed by atoms with Crippen LogP contribution >= 0.6 is 0 Å². The SMILES string of the molecule is Cc1[nH]ncc1S(=O)(=O)Nc1ccc(F)cc1N. The molecule has 1 heterocycles. The lowest BCUT2D eigenvalue weighted by Gasteiger charge is -2.09. The fraction of sp³-hybridized carbons (Fsp3) is 0.100. The maximum absolute atomic E-state index is 12.8. The van der Waals surface area contributed by atoms with Crippen LogP contribution in [0.4, 0.5) is 15.8 Å². The smallest absolute Gasteiger partial charge is 0.265 e. The monoisotopic (exact) mass is 270 g/mol. The van der Waals surface area contributed by atoms with Gasteiger partial charge in [0.15, 0.2) is 0 Å². The molecule has 0 spiro atoms. The van der Waals surface area contributed by atoms with Crippen molar-refractivity contribution in [3.8, 4) is 0 Å². The second-order valence-electron chi connectivity index (χ2n) is 3.70. The molecule has 0 radical (unpaired) electrons. The van der Waals surface area contributed by atoms with Crippen molar-refractivity contribution in [1.82, 2.24) is 10.2 Å². The van der Waals surface area contributed by atoms with Gasteiger partial charge in [-0.05, 0) is 25.1 Å². The highest BCUT2D eigenvalue weighted by atomic mass is 32.2. The predicted octanol–water partition coefficient (Wildman–Crippen LogP) is 1.24. The number of aromatic nitrogens is 2. The molecule has 0 atom stereocenters. The average molecular weight is 270 g/mol. The summed E-state index contributed by atoms with van der Waals surface area (Å²) < 4.78 is 39.1. The Hall–Kier alpha value is -2.09. The molecule has 0 saturated carbocycles. The first-order chi connectivity index (χ1) is 8.40. The summed E-state index contributed by atoms with van der Waals surface area (Å²) in [4.78, 5) is 0.0197. The zero-order valence-electron chi connectivity index (χ0n) is 9.44. The molecule has 1 aromatic heterocycles. The van der Waals surface area contributed by atoms with Crippen LogP contribution in [-0.4, -0.2) is 18.6 Å². The van der Waals surface area contributed by atoms with Gasteiger partial charge in [0.2, 0.25) is 0 Å². The summed E-state index contributed by atoms with van der Waals surface area (Å²) >= 11 is 0. The fourth-order valence-corrected chi connectivity index (χ4v) is 2.66. The van der Waals surface area contributed by atoms with E-state index in [2.05, 4.69) is 14.9 Å². The van der Waals surface area contributed by atoms with Gasteiger partial charge >= 0.3 is 0 Å². The number of nitrogen functional groups attached to an aromatic ring is 1. The van der Waals surface area contributed by atoms with Crippen LogP contribution in [0.2, 0.25) is 0 Å². The van der Waals surface area contributed by atoms with Gasteiger partial charge in [0.05, 0.1) is 23.3 Å². The van der Waals surface area contributed by atoms with Crippen LogP contribution < -0.4 is 10.5 Å². The normalized spacial score (nSPS) is 11.4. The largest absolute Gasteiger partial charge is 0.397 e. The molecule has 0 saturated heterocycles. The van der Waals surface area contributed by atoms with Gasteiger partial charge in [-0.25, -0.2) is 12.8 Å². The molecule has 0 fully saturated rings. The summed E-state index contributed by atoms with van der Waals surface area (Å²) in [5.41, 5.74) is 6.07. The standard InChI is InChI=1S/C10H11FN4O2S/c1-6-10(5-13-14-6)18(16,17)15-9-3-2-7(11)4-8(9)12/h2-5,15H,12H2,1H3,(H,13,14). The van der Waals surface area contributed by atoms with Crippen molar-refractivity contribution in [3.05, 3.63) is 35.9 Å². The van der Waals surface area contributed by atoms with Crippen LogP contribution in [0, 0.1) is 12.7 Å². The maximum Gasteiger partial charge on any atom is 0.265 e. The van der Waals surface area contributed by atoms with Crippen LogP contribution in [0.15, 0.2) is 29.3 Å². The van der Waals surface area contributed by atoms with Gasteiger partial charge in [-0.2, -0.15) is 5.10 Å². The van der Waals surface area contributed by atoms with Crippen molar-refractivity contribution < 1.29 is 12.8 Å². The molecule has 0 aliphatic rings. The minimum atomic E-state index is -3.78. The molecule has 2 aromatic rings. The number of nitrogens with two attached hydrogens (primary N) is 1. The van der Waals surface area contributed by atoms with Crippen molar-refractivity contribution >= 4 is 21.4 Å². The summed E-state index contributed by atoms with van der Waals surface area (Å²) in [5, 5.41) is 6.15. The molecule has 1 aromatic carbocycles. The Balaban J connectivity index is 2.37. The summed E-state index contributed by atoms with van der Waals surface area (Å²) in [5.74, 6) is -0.532. The molecule has 0 bridgehead atoms. The fourth-order valence-electron chi connectivity index (χ4n) is 1.44. The zero-order valence-corrected chi connectivity index (χ0v) is 10.3. The molecule has 0 aliphatic heterocycles. The third-order valence-corrected chi connectivity index (χ3v) is 3.81. The Labute approximate surface area is 103 Å². The van der Waals surface area contributed by atoms with Crippen molar-refractivity contribution in [2.45, 2.75) is 11.8 Å². The highest BCUT2D eigenvalue weighted by molar-refractivity contribution is 7.92. The van der Waals surface area contributed by atoms with Gasteiger partial charge in [0.1, 0.15) is 10.7 Å². The number of hydrogen-bond acceptors (Lipinski definition) is 4. The second-order valence-corrected chi connectivity index (χ2v) is 5.35. The van der Waals surface area contributed by atoms with E-state index in [9.17, 15) is 12.8 Å². The molecule has 2 rings (SSSR count). The van der Waals surface area contributed by atoms with E-state index in [1.54, 1.807) is 6.92 Å². The third-order valence-electron chi connectivity index (χ3n) is 2.33. The van der Waals surface area contributed by atoms with Crippen LogP contribution in [-0.2, 0) is 10.0 Å². The van der Waals surface area contributed by atoms with Gasteiger partial charge in [-0.1, -0.05) is 0 Å². The number of hydrogen-bond donors (Lipinski definition) is 3. The topological polar surface area (TPSA) is 101 Å². The molecular formula is C10H11FN4O2S. The third kappa shape index (κ3) is 2.28. The molecule has 18 heavy (non-hydrogen) atoms. The number of sulfonamides is 1. The number of benzene rings is 1. The first-order valence-electron chi connectivity index (χ1n) is 4.98. The molecule has 4 N–H and O–H groups in total. The Bertz CT molecular complexity index is 681. The van der Waals surface area contributed by atoms with Crippen LogP contribution in [0.1, 0.15) is 5.69 Å². The summed E-state index contributed by atoms with van der Waals surface area (Å²) in [6, 6.07) is 3.42. The minimum absolute atomic E-state index is 0.0136. The predicted molar refractivity (Wildman–Crippen MR) is 64.9 cm³/mol. The van der Waals surface area contributed by atoms with Gasteiger partial charge in [-0.3, -0.25) is 9.82 Å². The van der Waals surface area contributed by atoms with E-state index < -0.39 is 15.8 Å². The van der Waals surface area contributed by atoms with Crippen molar-refractivity contribution in [2.75, 3.05) is 10.5 Å². The lowest BCUT2D eigenvalue weighted by molar-refractivity contribution is 0.600. The number of nitrogens with one attached hydrogen (secondary N) is 2. The first-order valence-corrected chi connectivity index (χ1v) is 6.46. The van der Waals surface area contributed by atoms with Crippen molar-refractivity contribution in [1.29, 1.82) is 0 Å². The Kier molecular flexibility index (Phi) is 2.95. The number of rotatable bonds is 3. The molecule has 8 heteroatoms. The quantitative estimate of drug-likeness (QED) is 0.730. The lowest BCUT2D eigenvalue weighted by atomic mass is 10.3. The number of anilines is 2. The van der Waals surface area contributed by atoms with E-state index in [1.807, 2.05) is 0 Å². The summed E-state index contributed by atoms with van der Waals surface area (Å²) in [6.07, 6.45) is 1.19. The number of nitrogens with zero attached hydrogens (tertiary/aromatic N) is 1. The van der Waals surface area contributed by atoms with Crippen molar-refractivity contribution in [2.24, 2.45) is 0 Å². The molecule has 6 nitrogen and oxygen atoms in total. The minimum Gasteiger partial charge on any atom is -0.397 e. The van der Waals surface area contributed by atoms with Gasteiger partial charge in [0, 0.05) is 0 Å². The lowest BCUT2D eigenvalue weighted by Crippen LogP contribution is -2.14. The van der Waals surface area contributed by atoms with Crippen molar-refractivity contribution in [3.63, 3.8) is 0 Å². The Morgan fingerprint density at radius 2 is 2.17 bits per heavy atom. The molecule has 0 amide bonds. The van der Waals surface area contributed by atoms with Gasteiger partial charge in [0.25, 0.3) is 10.0 Å². The summed E-state index contributed by atoms with van der Waals surface area (Å²) in [7, 11) is -3.78. The van der Waals surface area contributed by atoms with E-state index in [0.717, 1.165) is 12.1 Å². The van der Waals surface area contributed by atoms with Crippen LogP contribution in [0.25, 0.3) is 0 Å². The number of halogens is 1. The van der Waals surface area contributed by atoms with Crippen LogP contribution in [0.5, 0.6) is 0 Å². The maximum atomic E-state index is 12.8. The summed E-state index contributed by atoms with van der Waals surface area (Å²) in [6.45, 7) is 1.58. The first kappa shape index (κ1) is 12.4. The van der Waals surface area contributed by atoms with Gasteiger partial charge in [-0.15, -0.1) is 0 Å². The highest BCUT2D eigenvalue weighted by Gasteiger charge is 2.19. The number of H-pyrrole nitrogens is 1.